The second-order valence-corrected chi connectivity index (χ2v) is 5.74. The minimum atomic E-state index is -0.508. The topological polar surface area (TPSA) is 20.2 Å². The standard InChI is InChI=1S/C23H20O/c24-23(18-16-20-11-5-2-6-12-20)22-14-8-7-13-21(22)17-15-19-9-3-1-4-10-19/h1-14,23-24H,16,18H2. The van der Waals surface area contributed by atoms with Crippen molar-refractivity contribution in [2.24, 2.45) is 0 Å². The summed E-state index contributed by atoms with van der Waals surface area (Å²) >= 11 is 0. The third kappa shape index (κ3) is 4.35. The first-order valence-corrected chi connectivity index (χ1v) is 8.21. The third-order valence-corrected chi connectivity index (χ3v) is 3.98. The Hall–Kier alpha value is -2.82. The van der Waals surface area contributed by atoms with Gasteiger partial charge in [-0.25, -0.2) is 0 Å². The summed E-state index contributed by atoms with van der Waals surface area (Å²) < 4.78 is 0. The fraction of sp³-hybridized carbons (Fsp3) is 0.130. The number of aliphatic hydroxyl groups excluding tert-OH is 1. The van der Waals surface area contributed by atoms with Gasteiger partial charge in [-0.2, -0.15) is 0 Å². The van der Waals surface area contributed by atoms with E-state index in [4.69, 9.17) is 0 Å². The highest BCUT2D eigenvalue weighted by molar-refractivity contribution is 5.47. The average molecular weight is 312 g/mol. The van der Waals surface area contributed by atoms with Gasteiger partial charge in [0.25, 0.3) is 0 Å². The summed E-state index contributed by atoms with van der Waals surface area (Å²) in [5.74, 6) is 6.37. The van der Waals surface area contributed by atoms with Crippen LogP contribution in [0.4, 0.5) is 0 Å². The van der Waals surface area contributed by atoms with Gasteiger partial charge in [-0.15, -0.1) is 0 Å². The van der Waals surface area contributed by atoms with Gasteiger partial charge >= 0.3 is 0 Å². The van der Waals surface area contributed by atoms with E-state index in [9.17, 15) is 5.11 Å². The van der Waals surface area contributed by atoms with Crippen LogP contribution in [0.3, 0.4) is 0 Å². The molecule has 0 radical (unpaired) electrons. The van der Waals surface area contributed by atoms with Crippen LogP contribution in [0.5, 0.6) is 0 Å². The second kappa shape index (κ2) is 8.15. The van der Waals surface area contributed by atoms with Crippen molar-refractivity contribution in [1.29, 1.82) is 0 Å². The van der Waals surface area contributed by atoms with E-state index in [0.717, 1.165) is 23.1 Å². The molecule has 0 spiro atoms. The Bertz CT molecular complexity index is 826. The van der Waals surface area contributed by atoms with Crippen LogP contribution in [-0.4, -0.2) is 5.11 Å². The first-order valence-electron chi connectivity index (χ1n) is 8.21. The number of benzene rings is 3. The summed E-state index contributed by atoms with van der Waals surface area (Å²) in [7, 11) is 0. The van der Waals surface area contributed by atoms with Gasteiger partial charge in [0.15, 0.2) is 0 Å². The van der Waals surface area contributed by atoms with Crippen molar-refractivity contribution in [2.75, 3.05) is 0 Å². The van der Waals surface area contributed by atoms with Gasteiger partial charge in [0, 0.05) is 11.1 Å². The Morgan fingerprint density at radius 1 is 0.708 bits per heavy atom. The monoisotopic (exact) mass is 312 g/mol. The van der Waals surface area contributed by atoms with Crippen molar-refractivity contribution >= 4 is 0 Å². The molecular weight excluding hydrogens is 292 g/mol. The van der Waals surface area contributed by atoms with Gasteiger partial charge in [0.1, 0.15) is 0 Å². The largest absolute Gasteiger partial charge is 0.388 e. The summed E-state index contributed by atoms with van der Waals surface area (Å²) in [6.07, 6.45) is 1.03. The minimum absolute atomic E-state index is 0.508. The number of hydrogen-bond acceptors (Lipinski definition) is 1. The van der Waals surface area contributed by atoms with Crippen LogP contribution < -0.4 is 0 Å². The maximum atomic E-state index is 10.6. The van der Waals surface area contributed by atoms with Gasteiger partial charge in [-0.1, -0.05) is 78.6 Å². The molecule has 0 saturated heterocycles. The number of aryl methyl sites for hydroxylation is 1. The molecule has 24 heavy (non-hydrogen) atoms. The van der Waals surface area contributed by atoms with E-state index >= 15 is 0 Å². The van der Waals surface area contributed by atoms with Crippen molar-refractivity contribution < 1.29 is 5.11 Å². The minimum Gasteiger partial charge on any atom is -0.388 e. The predicted octanol–water partition coefficient (Wildman–Crippen LogP) is 4.75. The van der Waals surface area contributed by atoms with Crippen LogP contribution in [-0.2, 0) is 6.42 Å². The molecule has 1 N–H and O–H groups in total. The first kappa shape index (κ1) is 16.1. The van der Waals surface area contributed by atoms with Crippen molar-refractivity contribution in [3.05, 3.63) is 107 Å². The molecule has 0 aliphatic heterocycles. The lowest BCUT2D eigenvalue weighted by molar-refractivity contribution is 0.167. The van der Waals surface area contributed by atoms with E-state index in [2.05, 4.69) is 24.0 Å². The summed E-state index contributed by atoms with van der Waals surface area (Å²) in [4.78, 5) is 0. The van der Waals surface area contributed by atoms with Gasteiger partial charge < -0.3 is 5.11 Å². The molecule has 0 aliphatic carbocycles. The zero-order valence-corrected chi connectivity index (χ0v) is 13.5. The molecule has 1 atom stereocenters. The molecular formula is C23H20O. The van der Waals surface area contributed by atoms with Crippen LogP contribution in [0, 0.1) is 11.8 Å². The molecule has 0 aromatic heterocycles. The molecule has 3 rings (SSSR count). The molecule has 0 saturated carbocycles. The van der Waals surface area contributed by atoms with E-state index < -0.39 is 6.10 Å². The van der Waals surface area contributed by atoms with Crippen molar-refractivity contribution in [3.8, 4) is 11.8 Å². The van der Waals surface area contributed by atoms with E-state index in [0.29, 0.717) is 6.42 Å². The van der Waals surface area contributed by atoms with E-state index in [1.165, 1.54) is 5.56 Å². The Morgan fingerprint density at radius 3 is 2.08 bits per heavy atom. The van der Waals surface area contributed by atoms with E-state index in [-0.39, 0.29) is 0 Å². The molecule has 0 aliphatic rings. The summed E-state index contributed by atoms with van der Waals surface area (Å²) in [5.41, 5.74) is 4.01. The number of rotatable bonds is 4. The molecule has 0 bridgehead atoms. The predicted molar refractivity (Wildman–Crippen MR) is 98.6 cm³/mol. The van der Waals surface area contributed by atoms with E-state index in [1.807, 2.05) is 72.8 Å². The molecule has 1 unspecified atom stereocenters. The van der Waals surface area contributed by atoms with Crippen LogP contribution >= 0.6 is 0 Å². The maximum Gasteiger partial charge on any atom is 0.0805 e. The zero-order chi connectivity index (χ0) is 16.6. The lowest BCUT2D eigenvalue weighted by Crippen LogP contribution is -2.02. The molecule has 3 aromatic carbocycles. The normalized spacial score (nSPS) is 11.4. The lowest BCUT2D eigenvalue weighted by atomic mass is 9.97. The number of aliphatic hydroxyl groups is 1. The van der Waals surface area contributed by atoms with Crippen LogP contribution in [0.1, 0.15) is 34.8 Å². The highest BCUT2D eigenvalue weighted by atomic mass is 16.3. The van der Waals surface area contributed by atoms with Gasteiger partial charge in [0.2, 0.25) is 0 Å². The highest BCUT2D eigenvalue weighted by Gasteiger charge is 2.11. The van der Waals surface area contributed by atoms with E-state index in [1.54, 1.807) is 0 Å². The lowest BCUT2D eigenvalue weighted by Gasteiger charge is -2.13. The van der Waals surface area contributed by atoms with Gasteiger partial charge in [0.05, 0.1) is 6.10 Å². The van der Waals surface area contributed by atoms with Gasteiger partial charge in [-0.05, 0) is 42.2 Å². The summed E-state index contributed by atoms with van der Waals surface area (Å²) in [6, 6.07) is 28.0. The van der Waals surface area contributed by atoms with Crippen LogP contribution in [0.15, 0.2) is 84.9 Å². The number of hydrogen-bond donors (Lipinski definition) is 1. The Labute approximate surface area is 143 Å². The second-order valence-electron chi connectivity index (χ2n) is 5.74. The first-order chi connectivity index (χ1) is 11.8. The fourth-order valence-electron chi connectivity index (χ4n) is 2.67. The van der Waals surface area contributed by atoms with Crippen molar-refractivity contribution in [3.63, 3.8) is 0 Å². The Kier molecular flexibility index (Phi) is 5.45. The smallest absolute Gasteiger partial charge is 0.0805 e. The van der Waals surface area contributed by atoms with Crippen molar-refractivity contribution in [2.45, 2.75) is 18.9 Å². The fourth-order valence-corrected chi connectivity index (χ4v) is 2.67. The van der Waals surface area contributed by atoms with Gasteiger partial charge in [-0.3, -0.25) is 0 Å². The average Bonchev–Trinajstić information content (AvgIpc) is 2.66. The molecule has 0 heterocycles. The quantitative estimate of drug-likeness (QED) is 0.689. The SMILES string of the molecule is OC(CCc1ccccc1)c1ccccc1C#Cc1ccccc1. The third-order valence-electron chi connectivity index (χ3n) is 3.98. The Morgan fingerprint density at radius 2 is 1.33 bits per heavy atom. The molecule has 1 nitrogen and oxygen atoms in total. The van der Waals surface area contributed by atoms with Crippen LogP contribution in [0.25, 0.3) is 0 Å². The maximum absolute atomic E-state index is 10.6. The molecule has 0 fully saturated rings. The summed E-state index contributed by atoms with van der Waals surface area (Å²) in [5, 5.41) is 10.6. The molecule has 3 aromatic rings. The molecule has 118 valence electrons. The molecule has 0 amide bonds. The Balaban J connectivity index is 1.75. The molecule has 1 heteroatoms. The van der Waals surface area contributed by atoms with Crippen LogP contribution in [0.2, 0.25) is 0 Å². The summed E-state index contributed by atoms with van der Waals surface area (Å²) in [6.45, 7) is 0. The zero-order valence-electron chi connectivity index (χ0n) is 13.5. The highest BCUT2D eigenvalue weighted by Crippen LogP contribution is 2.22. The van der Waals surface area contributed by atoms with Crippen molar-refractivity contribution in [1.82, 2.24) is 0 Å².